The lowest BCUT2D eigenvalue weighted by Crippen LogP contribution is -2.39. The van der Waals surface area contributed by atoms with Gasteiger partial charge in [0.2, 0.25) is 5.91 Å². The van der Waals surface area contributed by atoms with Crippen molar-refractivity contribution in [3.63, 3.8) is 0 Å². The molecular formula is C27H23Cl2N3O4S. The number of ether oxygens (including phenoxy) is 1. The number of hydrogen-bond donors (Lipinski definition) is 1. The van der Waals surface area contributed by atoms with Crippen LogP contribution in [0.1, 0.15) is 22.3 Å². The van der Waals surface area contributed by atoms with E-state index in [0.29, 0.717) is 45.1 Å². The predicted molar refractivity (Wildman–Crippen MR) is 148 cm³/mol. The van der Waals surface area contributed by atoms with Crippen molar-refractivity contribution >= 4 is 69.7 Å². The van der Waals surface area contributed by atoms with Gasteiger partial charge in [0.1, 0.15) is 6.04 Å². The Morgan fingerprint density at radius 3 is 2.14 bits per heavy atom. The maximum absolute atomic E-state index is 13.5. The summed E-state index contributed by atoms with van der Waals surface area (Å²) in [7, 11) is 1.30. The number of anilines is 2. The predicted octanol–water partition coefficient (Wildman–Crippen LogP) is 5.35. The fraction of sp³-hybridized carbons (Fsp3) is 0.185. The van der Waals surface area contributed by atoms with Crippen LogP contribution in [0.3, 0.4) is 0 Å². The molecule has 0 saturated carbocycles. The van der Waals surface area contributed by atoms with E-state index in [4.69, 9.17) is 40.2 Å². The molecule has 1 fully saturated rings. The summed E-state index contributed by atoms with van der Waals surface area (Å²) >= 11 is 17.7. The molecule has 1 aliphatic heterocycles. The largest absolute Gasteiger partial charge is 0.465 e. The lowest BCUT2D eigenvalue weighted by molar-refractivity contribution is -0.124. The van der Waals surface area contributed by atoms with E-state index in [1.165, 1.54) is 12.0 Å². The first kappa shape index (κ1) is 26.6. The van der Waals surface area contributed by atoms with Gasteiger partial charge < -0.3 is 15.0 Å². The number of rotatable bonds is 8. The molecule has 1 atom stereocenters. The van der Waals surface area contributed by atoms with Gasteiger partial charge >= 0.3 is 5.97 Å². The Labute approximate surface area is 229 Å². The van der Waals surface area contributed by atoms with Crippen LogP contribution in [0.2, 0.25) is 10.0 Å². The number of hydrogen-bond acceptors (Lipinski definition) is 5. The molecule has 37 heavy (non-hydrogen) atoms. The van der Waals surface area contributed by atoms with Crippen molar-refractivity contribution in [3.8, 4) is 0 Å². The third-order valence-electron chi connectivity index (χ3n) is 5.93. The van der Waals surface area contributed by atoms with E-state index < -0.39 is 12.0 Å². The van der Waals surface area contributed by atoms with Gasteiger partial charge in [-0.15, -0.1) is 0 Å². The topological polar surface area (TPSA) is 78.9 Å². The first-order valence-electron chi connectivity index (χ1n) is 11.4. The normalized spacial score (nSPS) is 15.2. The minimum absolute atomic E-state index is 0.109. The summed E-state index contributed by atoms with van der Waals surface area (Å²) in [6, 6.07) is 19.8. The second-order valence-electron chi connectivity index (χ2n) is 8.34. The molecule has 0 aliphatic carbocycles. The van der Waals surface area contributed by atoms with E-state index in [1.807, 2.05) is 12.1 Å². The quantitative estimate of drug-likeness (QED) is 0.298. The summed E-state index contributed by atoms with van der Waals surface area (Å²) < 4.78 is 4.69. The molecule has 4 rings (SSSR count). The zero-order valence-corrected chi connectivity index (χ0v) is 22.1. The molecule has 3 aromatic carbocycles. The molecule has 0 spiro atoms. The number of methoxy groups -OCH3 is 1. The minimum atomic E-state index is -0.787. The van der Waals surface area contributed by atoms with Crippen molar-refractivity contribution in [1.29, 1.82) is 0 Å². The molecule has 2 amide bonds. The highest BCUT2D eigenvalue weighted by atomic mass is 35.5. The number of carbonyl (C=O) groups is 3. The van der Waals surface area contributed by atoms with Crippen LogP contribution < -0.4 is 10.2 Å². The van der Waals surface area contributed by atoms with Crippen molar-refractivity contribution in [3.05, 3.63) is 94.0 Å². The van der Waals surface area contributed by atoms with Crippen LogP contribution in [0.15, 0.2) is 72.8 Å². The van der Waals surface area contributed by atoms with Gasteiger partial charge in [0.15, 0.2) is 5.11 Å². The lowest BCUT2D eigenvalue weighted by atomic mass is 10.1. The fourth-order valence-corrected chi connectivity index (χ4v) is 4.68. The number of thiocarbonyl (C=S) groups is 1. The van der Waals surface area contributed by atoms with Crippen LogP contribution in [-0.4, -0.2) is 47.5 Å². The van der Waals surface area contributed by atoms with Gasteiger partial charge in [0.05, 0.1) is 24.8 Å². The molecule has 1 N–H and O–H groups in total. The first-order valence-corrected chi connectivity index (χ1v) is 12.6. The summed E-state index contributed by atoms with van der Waals surface area (Å²) in [5.74, 6) is -1.12. The zero-order valence-electron chi connectivity index (χ0n) is 19.8. The monoisotopic (exact) mass is 555 g/mol. The summed E-state index contributed by atoms with van der Waals surface area (Å²) in [6.07, 6.45) is 0.495. The number of halogens is 2. The number of amides is 2. The van der Waals surface area contributed by atoms with Gasteiger partial charge in [-0.2, -0.15) is 0 Å². The Morgan fingerprint density at radius 1 is 0.946 bits per heavy atom. The average Bonchev–Trinajstić information content (AvgIpc) is 3.12. The molecule has 0 bridgehead atoms. The van der Waals surface area contributed by atoms with E-state index in [1.54, 1.807) is 65.6 Å². The van der Waals surface area contributed by atoms with Gasteiger partial charge in [-0.05, 0) is 84.9 Å². The molecule has 3 aromatic rings. The van der Waals surface area contributed by atoms with Crippen LogP contribution in [-0.2, 0) is 20.7 Å². The number of esters is 1. The van der Waals surface area contributed by atoms with E-state index in [0.717, 1.165) is 5.56 Å². The highest BCUT2D eigenvalue weighted by Crippen LogP contribution is 2.29. The Balaban J connectivity index is 1.52. The lowest BCUT2D eigenvalue weighted by Gasteiger charge is -2.24. The SMILES string of the molecule is COC(=O)c1ccc(NC(=O)CC2C(=O)N(c3ccc(Cl)cc3)C(=S)N2CCc2ccc(Cl)cc2)cc1. The van der Waals surface area contributed by atoms with Crippen molar-refractivity contribution in [2.45, 2.75) is 18.9 Å². The summed E-state index contributed by atoms with van der Waals surface area (Å²) in [4.78, 5) is 41.4. The molecule has 1 saturated heterocycles. The Morgan fingerprint density at radius 2 is 1.54 bits per heavy atom. The molecule has 0 radical (unpaired) electrons. The molecule has 1 heterocycles. The van der Waals surface area contributed by atoms with Crippen molar-refractivity contribution < 1.29 is 19.1 Å². The van der Waals surface area contributed by atoms with E-state index in [-0.39, 0.29) is 18.2 Å². The number of nitrogens with zero attached hydrogens (tertiary/aromatic N) is 2. The standard InChI is InChI=1S/C27H23Cl2N3O4S/c1-36-26(35)18-4-10-21(11-5-18)30-24(33)16-23-25(34)32(22-12-8-20(29)9-13-22)27(37)31(23)15-14-17-2-6-19(28)7-3-17/h2-13,23H,14-16H2,1H3,(H,30,33). The van der Waals surface area contributed by atoms with Crippen LogP contribution in [0, 0.1) is 0 Å². The summed E-state index contributed by atoms with van der Waals surface area (Å²) in [5, 5.41) is 4.28. The highest BCUT2D eigenvalue weighted by molar-refractivity contribution is 7.80. The van der Waals surface area contributed by atoms with Gasteiger partial charge in [-0.3, -0.25) is 14.5 Å². The Kier molecular flexibility index (Phi) is 8.43. The number of benzene rings is 3. The molecular weight excluding hydrogens is 533 g/mol. The Hall–Kier alpha value is -3.46. The van der Waals surface area contributed by atoms with Gasteiger partial charge in [-0.25, -0.2) is 4.79 Å². The fourth-order valence-electron chi connectivity index (χ4n) is 4.01. The molecule has 190 valence electrons. The molecule has 10 heteroatoms. The third-order valence-corrected chi connectivity index (χ3v) is 6.85. The maximum Gasteiger partial charge on any atom is 0.337 e. The molecule has 7 nitrogen and oxygen atoms in total. The second kappa shape index (κ2) is 11.7. The summed E-state index contributed by atoms with van der Waals surface area (Å²) in [6.45, 7) is 0.433. The molecule has 0 aromatic heterocycles. The first-order chi connectivity index (χ1) is 17.8. The van der Waals surface area contributed by atoms with E-state index >= 15 is 0 Å². The maximum atomic E-state index is 13.5. The van der Waals surface area contributed by atoms with E-state index in [9.17, 15) is 14.4 Å². The molecule has 1 aliphatic rings. The van der Waals surface area contributed by atoms with Crippen LogP contribution in [0.4, 0.5) is 11.4 Å². The summed E-state index contributed by atoms with van der Waals surface area (Å²) in [5.41, 5.74) is 2.47. The van der Waals surface area contributed by atoms with Crippen LogP contribution in [0.25, 0.3) is 0 Å². The van der Waals surface area contributed by atoms with Crippen molar-refractivity contribution in [2.75, 3.05) is 23.9 Å². The number of nitrogens with one attached hydrogen (secondary N) is 1. The smallest absolute Gasteiger partial charge is 0.337 e. The minimum Gasteiger partial charge on any atom is -0.465 e. The zero-order chi connectivity index (χ0) is 26.5. The second-order valence-corrected chi connectivity index (χ2v) is 9.58. The van der Waals surface area contributed by atoms with Crippen molar-refractivity contribution in [2.24, 2.45) is 0 Å². The number of carbonyl (C=O) groups excluding carboxylic acids is 3. The van der Waals surface area contributed by atoms with Gasteiger partial charge in [-0.1, -0.05) is 35.3 Å². The van der Waals surface area contributed by atoms with E-state index in [2.05, 4.69) is 5.32 Å². The Bertz CT molecular complexity index is 1310. The van der Waals surface area contributed by atoms with Gasteiger partial charge in [0, 0.05) is 22.3 Å². The third kappa shape index (κ3) is 6.28. The molecule has 1 unspecified atom stereocenters. The highest BCUT2D eigenvalue weighted by Gasteiger charge is 2.43. The average molecular weight is 556 g/mol. The van der Waals surface area contributed by atoms with Crippen LogP contribution in [0.5, 0.6) is 0 Å². The van der Waals surface area contributed by atoms with Crippen molar-refractivity contribution in [1.82, 2.24) is 4.90 Å². The van der Waals surface area contributed by atoms with Gasteiger partial charge in [0.25, 0.3) is 5.91 Å². The van der Waals surface area contributed by atoms with Crippen LogP contribution >= 0.6 is 35.4 Å².